The van der Waals surface area contributed by atoms with E-state index >= 15 is 0 Å². The molecule has 2 aromatic rings. The lowest BCUT2D eigenvalue weighted by atomic mass is 9.87. The molecule has 1 unspecified atom stereocenters. The number of nitrogens with zero attached hydrogens (tertiary/aromatic N) is 1. The minimum Gasteiger partial charge on any atom is -0.493 e. The first kappa shape index (κ1) is 19.2. The maximum absolute atomic E-state index is 5.81. The van der Waals surface area contributed by atoms with Crippen LogP contribution in [0.1, 0.15) is 22.7 Å². The number of likely N-dealkylation sites (N-methyl/N-ethyl adjacent to an activating group) is 1. The molecule has 0 amide bonds. The van der Waals surface area contributed by atoms with Crippen molar-refractivity contribution in [3.05, 3.63) is 39.4 Å². The van der Waals surface area contributed by atoms with Gasteiger partial charge in [-0.1, -0.05) is 6.07 Å². The molecule has 2 aliphatic rings. The predicted octanol–water partition coefficient (Wildman–Crippen LogP) is 3.98. The molecule has 4 rings (SSSR count). The fraction of sp³-hybridized carbons (Fsp3) is 0.429. The van der Waals surface area contributed by atoms with E-state index in [1.807, 2.05) is 12.1 Å². The molecule has 0 radical (unpaired) electrons. The normalized spacial score (nSPS) is 18.0. The van der Waals surface area contributed by atoms with Gasteiger partial charge in [0.1, 0.15) is 0 Å². The van der Waals surface area contributed by atoms with Crippen molar-refractivity contribution in [1.82, 2.24) is 4.90 Å². The van der Waals surface area contributed by atoms with Gasteiger partial charge in [0.05, 0.1) is 25.8 Å². The third kappa shape index (κ3) is 3.06. The number of hydrogen-bond donors (Lipinski definition) is 0. The number of fused-ring (bicyclic) bond motifs is 2. The van der Waals surface area contributed by atoms with Gasteiger partial charge in [-0.3, -0.25) is 4.90 Å². The Kier molecular flexibility index (Phi) is 5.29. The van der Waals surface area contributed by atoms with E-state index in [9.17, 15) is 0 Å². The third-order valence-corrected chi connectivity index (χ3v) is 6.35. The largest absolute Gasteiger partial charge is 0.493 e. The third-order valence-electron chi connectivity index (χ3n) is 5.51. The first-order valence-corrected chi connectivity index (χ1v) is 9.97. The number of ether oxygens (including phenoxy) is 5. The number of hydrogen-bond acceptors (Lipinski definition) is 6. The van der Waals surface area contributed by atoms with Gasteiger partial charge in [-0.25, -0.2) is 0 Å². The monoisotopic (exact) mass is 449 g/mol. The van der Waals surface area contributed by atoms with E-state index in [0.29, 0.717) is 5.75 Å². The first-order chi connectivity index (χ1) is 13.6. The number of benzene rings is 2. The quantitative estimate of drug-likeness (QED) is 0.687. The molecule has 2 aliphatic heterocycles. The van der Waals surface area contributed by atoms with Gasteiger partial charge in [-0.2, -0.15) is 0 Å². The van der Waals surface area contributed by atoms with Crippen LogP contribution in [0.25, 0.3) is 0 Å². The molecular formula is C21H24BrNO5. The van der Waals surface area contributed by atoms with Gasteiger partial charge < -0.3 is 23.7 Å². The van der Waals surface area contributed by atoms with Gasteiger partial charge in [-0.05, 0) is 59.1 Å². The highest BCUT2D eigenvalue weighted by molar-refractivity contribution is 9.10. The molecule has 2 aromatic carbocycles. The van der Waals surface area contributed by atoms with E-state index in [-0.39, 0.29) is 12.8 Å². The number of methoxy groups -OCH3 is 3. The van der Waals surface area contributed by atoms with Crippen LogP contribution in [0.5, 0.6) is 28.7 Å². The van der Waals surface area contributed by atoms with Crippen molar-refractivity contribution in [1.29, 1.82) is 0 Å². The summed E-state index contributed by atoms with van der Waals surface area (Å²) in [6.45, 7) is 1.16. The van der Waals surface area contributed by atoms with Gasteiger partial charge >= 0.3 is 0 Å². The second-order valence-electron chi connectivity index (χ2n) is 6.94. The molecule has 6 nitrogen and oxygen atoms in total. The first-order valence-electron chi connectivity index (χ1n) is 9.18. The highest BCUT2D eigenvalue weighted by Crippen LogP contribution is 2.54. The van der Waals surface area contributed by atoms with Crippen LogP contribution in [0.2, 0.25) is 0 Å². The zero-order chi connectivity index (χ0) is 19.8. The fourth-order valence-electron chi connectivity index (χ4n) is 4.08. The van der Waals surface area contributed by atoms with Crippen LogP contribution in [0.15, 0.2) is 22.7 Å². The van der Waals surface area contributed by atoms with E-state index in [1.165, 1.54) is 5.56 Å². The summed E-state index contributed by atoms with van der Waals surface area (Å²) in [6.07, 6.45) is 1.73. The number of rotatable bonds is 5. The smallest absolute Gasteiger partial charge is 0.231 e. The molecule has 2 heterocycles. The van der Waals surface area contributed by atoms with Crippen LogP contribution < -0.4 is 23.7 Å². The van der Waals surface area contributed by atoms with Gasteiger partial charge in [0.2, 0.25) is 12.5 Å². The second-order valence-corrected chi connectivity index (χ2v) is 7.74. The van der Waals surface area contributed by atoms with Gasteiger partial charge in [0, 0.05) is 18.2 Å². The summed E-state index contributed by atoms with van der Waals surface area (Å²) in [6, 6.07) is 6.21. The van der Waals surface area contributed by atoms with Crippen LogP contribution in [0, 0.1) is 0 Å². The molecule has 28 heavy (non-hydrogen) atoms. The molecule has 7 heteroatoms. The van der Waals surface area contributed by atoms with Crippen LogP contribution in [0.4, 0.5) is 0 Å². The number of halogens is 1. The summed E-state index contributed by atoms with van der Waals surface area (Å²) in [5.41, 5.74) is 3.55. The fourth-order valence-corrected chi connectivity index (χ4v) is 4.78. The Hall–Kier alpha value is -2.12. The minimum absolute atomic E-state index is 0.141. The molecule has 0 bridgehead atoms. The molecule has 0 spiro atoms. The molecule has 150 valence electrons. The van der Waals surface area contributed by atoms with Crippen molar-refractivity contribution in [2.45, 2.75) is 18.9 Å². The summed E-state index contributed by atoms with van der Waals surface area (Å²) in [4.78, 5) is 2.36. The molecule has 0 saturated heterocycles. The lowest BCUT2D eigenvalue weighted by Gasteiger charge is -2.36. The minimum atomic E-state index is 0.141. The van der Waals surface area contributed by atoms with Crippen molar-refractivity contribution < 1.29 is 23.7 Å². The van der Waals surface area contributed by atoms with E-state index in [1.54, 1.807) is 21.3 Å². The van der Waals surface area contributed by atoms with Crippen LogP contribution >= 0.6 is 15.9 Å². The van der Waals surface area contributed by atoms with E-state index in [2.05, 4.69) is 33.9 Å². The zero-order valence-electron chi connectivity index (χ0n) is 16.5. The summed E-state index contributed by atoms with van der Waals surface area (Å²) in [7, 11) is 7.14. The average Bonchev–Trinajstić information content (AvgIpc) is 3.20. The molecule has 0 aromatic heterocycles. The average molecular weight is 450 g/mol. The van der Waals surface area contributed by atoms with Crippen LogP contribution in [-0.2, 0) is 12.8 Å². The standard InChI is InChI=1S/C21H24BrNO5/c1-23-8-7-13-17(19(26-4)21-20(18(13)22)27-11-28-21)14(23)9-12-5-6-15(24-2)16(10-12)25-3/h5-6,10,14H,7-9,11H2,1-4H3. The Balaban J connectivity index is 1.79. The maximum Gasteiger partial charge on any atom is 0.231 e. The van der Waals surface area contributed by atoms with Crippen molar-refractivity contribution in [3.8, 4) is 28.7 Å². The highest BCUT2D eigenvalue weighted by Gasteiger charge is 2.36. The van der Waals surface area contributed by atoms with Crippen molar-refractivity contribution in [2.24, 2.45) is 0 Å². The highest BCUT2D eigenvalue weighted by atomic mass is 79.9. The van der Waals surface area contributed by atoms with Crippen LogP contribution in [0.3, 0.4) is 0 Å². The topological polar surface area (TPSA) is 49.4 Å². The zero-order valence-corrected chi connectivity index (χ0v) is 18.1. The summed E-state index contributed by atoms with van der Waals surface area (Å²) < 4.78 is 29.0. The second kappa shape index (κ2) is 7.72. The Labute approximate surface area is 173 Å². The lowest BCUT2D eigenvalue weighted by molar-refractivity contribution is 0.170. The predicted molar refractivity (Wildman–Crippen MR) is 109 cm³/mol. The molecule has 0 aliphatic carbocycles. The molecule has 0 saturated carbocycles. The van der Waals surface area contributed by atoms with Crippen molar-refractivity contribution in [2.75, 3.05) is 41.7 Å². The Morgan fingerprint density at radius 3 is 2.54 bits per heavy atom. The molecule has 1 atom stereocenters. The van der Waals surface area contributed by atoms with Crippen molar-refractivity contribution >= 4 is 15.9 Å². The SMILES string of the molecule is COc1ccc(CC2c3c(c(Br)c4c(c3OC)OCO4)CCN2C)cc1OC. The van der Waals surface area contributed by atoms with Gasteiger partial charge in [0.15, 0.2) is 23.0 Å². The van der Waals surface area contributed by atoms with E-state index < -0.39 is 0 Å². The summed E-state index contributed by atoms with van der Waals surface area (Å²) >= 11 is 3.74. The molecule has 0 fully saturated rings. The maximum atomic E-state index is 5.81. The van der Waals surface area contributed by atoms with Gasteiger partial charge in [-0.15, -0.1) is 0 Å². The molecular weight excluding hydrogens is 426 g/mol. The van der Waals surface area contributed by atoms with Crippen molar-refractivity contribution in [3.63, 3.8) is 0 Å². The van der Waals surface area contributed by atoms with E-state index in [0.717, 1.165) is 58.0 Å². The van der Waals surface area contributed by atoms with Crippen LogP contribution in [-0.4, -0.2) is 46.6 Å². The lowest BCUT2D eigenvalue weighted by Crippen LogP contribution is -2.34. The summed E-state index contributed by atoms with van der Waals surface area (Å²) in [5.74, 6) is 3.65. The summed E-state index contributed by atoms with van der Waals surface area (Å²) in [5, 5.41) is 0. The Bertz CT molecular complexity index is 901. The molecule has 0 N–H and O–H groups in total. The Morgan fingerprint density at radius 2 is 1.82 bits per heavy atom. The van der Waals surface area contributed by atoms with E-state index in [4.69, 9.17) is 23.7 Å². The Morgan fingerprint density at radius 1 is 1.07 bits per heavy atom. The van der Waals surface area contributed by atoms with Gasteiger partial charge in [0.25, 0.3) is 0 Å².